The molecule has 0 aliphatic rings. The average Bonchev–Trinajstić information content (AvgIpc) is 2.90. The summed E-state index contributed by atoms with van der Waals surface area (Å²) in [6.07, 6.45) is 1.15. The summed E-state index contributed by atoms with van der Waals surface area (Å²) >= 11 is 0. The Labute approximate surface area is 143 Å². The molecular weight excluding hydrogens is 326 g/mol. The second-order valence-electron chi connectivity index (χ2n) is 5.58. The highest BCUT2D eigenvalue weighted by Crippen LogP contribution is 2.28. The topological polar surface area (TPSA) is 59.0 Å². The van der Waals surface area contributed by atoms with Crippen molar-refractivity contribution >= 4 is 17.4 Å². The van der Waals surface area contributed by atoms with Gasteiger partial charge in [0.15, 0.2) is 5.82 Å². The maximum Gasteiger partial charge on any atom is 0.323 e. The van der Waals surface area contributed by atoms with Gasteiger partial charge in [-0.3, -0.25) is 4.68 Å². The minimum Gasteiger partial charge on any atom is -0.308 e. The van der Waals surface area contributed by atoms with E-state index in [-0.39, 0.29) is 5.82 Å². The molecule has 0 atom stereocenters. The van der Waals surface area contributed by atoms with E-state index in [1.54, 1.807) is 25.2 Å². The van der Waals surface area contributed by atoms with Crippen molar-refractivity contribution in [3.05, 3.63) is 65.9 Å². The number of urea groups is 1. The molecule has 5 nitrogen and oxygen atoms in total. The molecule has 0 aliphatic carbocycles. The molecule has 0 bridgehead atoms. The van der Waals surface area contributed by atoms with E-state index < -0.39 is 11.8 Å². The zero-order valence-corrected chi connectivity index (χ0v) is 13.7. The third kappa shape index (κ3) is 3.65. The number of anilines is 2. The Balaban J connectivity index is 1.80. The number of nitrogens with one attached hydrogen (secondary N) is 2. The largest absolute Gasteiger partial charge is 0.323 e. The highest BCUT2D eigenvalue weighted by atomic mass is 19.1. The maximum atomic E-state index is 14.0. The fourth-order valence-corrected chi connectivity index (χ4v) is 2.50. The Morgan fingerprint density at radius 2 is 1.68 bits per heavy atom. The lowest BCUT2D eigenvalue weighted by atomic mass is 10.0. The Morgan fingerprint density at radius 1 is 1.04 bits per heavy atom. The number of amides is 2. The predicted octanol–water partition coefficient (Wildman–Crippen LogP) is 4.32. The van der Waals surface area contributed by atoms with E-state index in [1.807, 2.05) is 6.92 Å². The summed E-state index contributed by atoms with van der Waals surface area (Å²) in [5, 5.41) is 9.18. The SMILES string of the molecule is Cc1ccc(NC(=O)Nc2ccc(F)cc2)cc1-c1c(F)cnn1C. The van der Waals surface area contributed by atoms with Gasteiger partial charge in [-0.2, -0.15) is 5.10 Å². The van der Waals surface area contributed by atoms with Gasteiger partial charge in [-0.15, -0.1) is 0 Å². The quantitative estimate of drug-likeness (QED) is 0.745. The van der Waals surface area contributed by atoms with Gasteiger partial charge in [0.2, 0.25) is 0 Å². The zero-order chi connectivity index (χ0) is 18.0. The van der Waals surface area contributed by atoms with Crippen molar-refractivity contribution in [3.63, 3.8) is 0 Å². The zero-order valence-electron chi connectivity index (χ0n) is 13.7. The Morgan fingerprint density at radius 3 is 2.32 bits per heavy atom. The summed E-state index contributed by atoms with van der Waals surface area (Å²) in [7, 11) is 1.65. The van der Waals surface area contributed by atoms with Crippen LogP contribution in [0, 0.1) is 18.6 Å². The molecule has 2 N–H and O–H groups in total. The van der Waals surface area contributed by atoms with E-state index in [9.17, 15) is 13.6 Å². The summed E-state index contributed by atoms with van der Waals surface area (Å²) in [6.45, 7) is 1.85. The van der Waals surface area contributed by atoms with Crippen molar-refractivity contribution in [3.8, 4) is 11.3 Å². The van der Waals surface area contributed by atoms with E-state index in [0.29, 0.717) is 22.6 Å². The van der Waals surface area contributed by atoms with Crippen LogP contribution in [0.2, 0.25) is 0 Å². The number of rotatable bonds is 3. The number of carbonyl (C=O) groups excluding carboxylic acids is 1. The molecule has 7 heteroatoms. The predicted molar refractivity (Wildman–Crippen MR) is 92.4 cm³/mol. The molecule has 0 aliphatic heterocycles. The van der Waals surface area contributed by atoms with Crippen LogP contribution in [-0.4, -0.2) is 15.8 Å². The monoisotopic (exact) mass is 342 g/mol. The van der Waals surface area contributed by atoms with Crippen LogP contribution in [0.1, 0.15) is 5.56 Å². The van der Waals surface area contributed by atoms with Crippen LogP contribution in [0.15, 0.2) is 48.7 Å². The summed E-state index contributed by atoms with van der Waals surface area (Å²) in [5.74, 6) is -0.814. The molecule has 1 aromatic heterocycles. The molecule has 3 rings (SSSR count). The van der Waals surface area contributed by atoms with Gasteiger partial charge >= 0.3 is 6.03 Å². The first-order valence-corrected chi connectivity index (χ1v) is 7.56. The van der Waals surface area contributed by atoms with E-state index in [1.165, 1.54) is 28.9 Å². The first-order valence-electron chi connectivity index (χ1n) is 7.56. The van der Waals surface area contributed by atoms with E-state index in [2.05, 4.69) is 15.7 Å². The molecule has 0 unspecified atom stereocenters. The minimum atomic E-state index is -0.480. The van der Waals surface area contributed by atoms with Gasteiger partial charge in [-0.1, -0.05) is 6.07 Å². The third-order valence-corrected chi connectivity index (χ3v) is 3.75. The van der Waals surface area contributed by atoms with E-state index in [4.69, 9.17) is 0 Å². The van der Waals surface area contributed by atoms with Crippen molar-refractivity contribution in [2.24, 2.45) is 7.05 Å². The minimum absolute atomic E-state index is 0.347. The first-order chi connectivity index (χ1) is 11.9. The van der Waals surface area contributed by atoms with Gasteiger partial charge in [0, 0.05) is 24.0 Å². The number of hydrogen-bond donors (Lipinski definition) is 2. The van der Waals surface area contributed by atoms with Crippen molar-refractivity contribution in [2.45, 2.75) is 6.92 Å². The molecule has 0 spiro atoms. The van der Waals surface area contributed by atoms with Crippen LogP contribution in [-0.2, 0) is 7.05 Å². The second kappa shape index (κ2) is 6.72. The van der Waals surface area contributed by atoms with Crippen molar-refractivity contribution in [2.75, 3.05) is 10.6 Å². The summed E-state index contributed by atoms with van der Waals surface area (Å²) in [6, 6.07) is 10.1. The molecule has 0 saturated carbocycles. The normalized spacial score (nSPS) is 10.6. The standard InChI is InChI=1S/C18H16F2N4O/c1-11-3-6-14(9-15(11)17-16(20)10-21-24(17)2)23-18(25)22-13-7-4-12(19)5-8-13/h3-10H,1-2H3,(H2,22,23,25). The smallest absolute Gasteiger partial charge is 0.308 e. The summed E-state index contributed by atoms with van der Waals surface area (Å²) in [5.41, 5.74) is 2.80. The van der Waals surface area contributed by atoms with Gasteiger partial charge in [0.1, 0.15) is 11.5 Å². The fraction of sp³-hybridized carbons (Fsp3) is 0.111. The molecule has 0 fully saturated rings. The molecular formula is C18H16F2N4O. The molecule has 2 amide bonds. The number of carbonyl (C=O) groups is 1. The van der Waals surface area contributed by atoms with Crippen molar-refractivity contribution < 1.29 is 13.6 Å². The Bertz CT molecular complexity index is 900. The molecule has 1 heterocycles. The lowest BCUT2D eigenvalue weighted by Gasteiger charge is -2.11. The average molecular weight is 342 g/mol. The van der Waals surface area contributed by atoms with Gasteiger partial charge in [-0.05, 0) is 48.9 Å². The molecule has 0 radical (unpaired) electrons. The molecule has 3 aromatic rings. The number of aryl methyl sites for hydroxylation is 2. The number of nitrogens with zero attached hydrogens (tertiary/aromatic N) is 2. The highest BCUT2D eigenvalue weighted by molar-refractivity contribution is 6.00. The Kier molecular flexibility index (Phi) is 4.47. The number of halogens is 2. The fourth-order valence-electron chi connectivity index (χ4n) is 2.50. The summed E-state index contributed by atoms with van der Waals surface area (Å²) < 4.78 is 28.3. The van der Waals surface area contributed by atoms with Gasteiger partial charge in [0.05, 0.1) is 6.20 Å². The van der Waals surface area contributed by atoms with Crippen LogP contribution in [0.5, 0.6) is 0 Å². The van der Waals surface area contributed by atoms with Crippen LogP contribution in [0.25, 0.3) is 11.3 Å². The molecule has 128 valence electrons. The lowest BCUT2D eigenvalue weighted by Crippen LogP contribution is -2.19. The number of aromatic nitrogens is 2. The molecule has 0 saturated heterocycles. The van der Waals surface area contributed by atoms with Crippen molar-refractivity contribution in [1.29, 1.82) is 0 Å². The van der Waals surface area contributed by atoms with E-state index in [0.717, 1.165) is 11.8 Å². The Hall–Kier alpha value is -3.22. The lowest BCUT2D eigenvalue weighted by molar-refractivity contribution is 0.262. The van der Waals surface area contributed by atoms with Gasteiger partial charge < -0.3 is 10.6 Å². The third-order valence-electron chi connectivity index (χ3n) is 3.75. The van der Waals surface area contributed by atoms with E-state index >= 15 is 0 Å². The molecule has 2 aromatic carbocycles. The van der Waals surface area contributed by atoms with Gasteiger partial charge in [-0.25, -0.2) is 13.6 Å². The number of hydrogen-bond acceptors (Lipinski definition) is 2. The second-order valence-corrected chi connectivity index (χ2v) is 5.58. The number of benzene rings is 2. The first kappa shape index (κ1) is 16.6. The van der Waals surface area contributed by atoms with Crippen molar-refractivity contribution in [1.82, 2.24) is 9.78 Å². The van der Waals surface area contributed by atoms with Gasteiger partial charge in [0.25, 0.3) is 0 Å². The summed E-state index contributed by atoms with van der Waals surface area (Å²) in [4.78, 5) is 12.1. The maximum absolute atomic E-state index is 14.0. The highest BCUT2D eigenvalue weighted by Gasteiger charge is 2.14. The van der Waals surface area contributed by atoms with Crippen LogP contribution in [0.4, 0.5) is 25.0 Å². The molecule has 25 heavy (non-hydrogen) atoms. The van der Waals surface area contributed by atoms with Crippen LogP contribution >= 0.6 is 0 Å². The van der Waals surface area contributed by atoms with Crippen LogP contribution in [0.3, 0.4) is 0 Å². The van der Waals surface area contributed by atoms with Crippen LogP contribution < -0.4 is 10.6 Å².